The number of aromatic hydroxyl groups is 2. The highest BCUT2D eigenvalue weighted by Crippen LogP contribution is 2.44. The summed E-state index contributed by atoms with van der Waals surface area (Å²) < 4.78 is 4.37. The van der Waals surface area contributed by atoms with E-state index >= 15 is 0 Å². The molecule has 2 aromatic heterocycles. The third-order valence-corrected chi connectivity index (χ3v) is 12.7. The van der Waals surface area contributed by atoms with Gasteiger partial charge in [0.15, 0.2) is 0 Å². The van der Waals surface area contributed by atoms with Crippen LogP contribution in [-0.2, 0) is 12.3 Å². The topological polar surface area (TPSA) is 50.3 Å². The Hall–Kier alpha value is -4.56. The van der Waals surface area contributed by atoms with Crippen molar-refractivity contribution in [2.45, 2.75) is 26.2 Å². The fraction of sp³-hybridized carbons (Fsp3) is 0.143. The predicted molar refractivity (Wildman–Crippen MR) is 212 cm³/mol. The molecule has 0 aliphatic carbocycles. The Bertz CT molecular complexity index is 2410. The van der Waals surface area contributed by atoms with Gasteiger partial charge in [-0.2, -0.15) is 7.80 Å². The van der Waals surface area contributed by atoms with Gasteiger partial charge in [0.1, 0.15) is 19.1 Å². The zero-order chi connectivity index (χ0) is 33.6. The molecule has 2 radical (unpaired) electrons. The molecule has 0 aliphatic rings. The smallest absolute Gasteiger partial charge is 0.143 e. The van der Waals surface area contributed by atoms with Crippen LogP contribution in [0.4, 0.5) is 0 Å². The van der Waals surface area contributed by atoms with E-state index in [2.05, 4.69) is 132 Å². The minimum absolute atomic E-state index is 0.305. The van der Waals surface area contributed by atoms with E-state index in [1.54, 1.807) is 0 Å². The maximum Gasteiger partial charge on any atom is 0.143 e. The molecule has 8 rings (SSSR count). The van der Waals surface area contributed by atoms with Gasteiger partial charge in [-0.05, 0) is 91.6 Å². The first-order chi connectivity index (χ1) is 23.9. The van der Waals surface area contributed by atoms with Crippen molar-refractivity contribution in [3.8, 4) is 22.9 Å². The number of rotatable bonds is 9. The molecular formula is C42H37BN2O2P2. The second-order valence-electron chi connectivity index (χ2n) is 13.0. The first-order valence-electron chi connectivity index (χ1n) is 16.7. The number of aryl methyl sites for hydroxylation is 2. The van der Waals surface area contributed by atoms with E-state index in [4.69, 9.17) is 7.57 Å². The van der Waals surface area contributed by atoms with Gasteiger partial charge in [0.25, 0.3) is 0 Å². The minimum Gasteiger partial charge on any atom is -0.505 e. The molecule has 0 bridgehead atoms. The molecule has 0 saturated carbocycles. The zero-order valence-electron chi connectivity index (χ0n) is 27.7. The van der Waals surface area contributed by atoms with E-state index in [9.17, 15) is 10.2 Å². The largest absolute Gasteiger partial charge is 0.505 e. The molecule has 240 valence electrons. The first-order valence-corrected chi connectivity index (χ1v) is 19.9. The summed E-state index contributed by atoms with van der Waals surface area (Å²) in [5.41, 5.74) is 10.1. The van der Waals surface area contributed by atoms with Crippen molar-refractivity contribution in [2.24, 2.45) is 0 Å². The van der Waals surface area contributed by atoms with Crippen LogP contribution < -0.4 is 0 Å². The number of hydrogen-bond donors (Lipinski definition) is 2. The summed E-state index contributed by atoms with van der Waals surface area (Å²) in [4.78, 5) is 0. The summed E-state index contributed by atoms with van der Waals surface area (Å²) in [6.45, 7) is 4.19. The zero-order valence-corrected chi connectivity index (χ0v) is 29.6. The number of phenolic OH excluding ortho intramolecular Hbond substituents is 2. The van der Waals surface area contributed by atoms with Gasteiger partial charge < -0.3 is 19.3 Å². The van der Waals surface area contributed by atoms with Crippen LogP contribution in [-0.4, -0.2) is 39.2 Å². The standard InChI is InChI=1S/C42H37BN2O2P2/c1-27-21-29(41(46)39(23-27)44-35-15-7-3-11-31(35)32-12-4-8-16-36(32)44)25-48-19-20-49(43)26-30-22-28(2)24-40(42(30)47)45-37-17-9-5-13-33(37)34-14-6-10-18-38(34)45/h3-18,21-24,46-48H,19-20,25-26H2,1-2H3. The lowest BCUT2D eigenvalue weighted by atomic mass is 10.1. The van der Waals surface area contributed by atoms with E-state index in [1.165, 1.54) is 21.5 Å². The van der Waals surface area contributed by atoms with E-state index in [0.717, 1.165) is 74.2 Å². The van der Waals surface area contributed by atoms with Crippen molar-refractivity contribution in [3.05, 3.63) is 144 Å². The number of aromatic nitrogens is 2. The van der Waals surface area contributed by atoms with Crippen molar-refractivity contribution in [1.82, 2.24) is 9.13 Å². The Morgan fingerprint density at radius 3 is 1.41 bits per heavy atom. The van der Waals surface area contributed by atoms with Crippen molar-refractivity contribution >= 4 is 67.6 Å². The van der Waals surface area contributed by atoms with Crippen molar-refractivity contribution in [2.75, 3.05) is 12.3 Å². The van der Waals surface area contributed by atoms with Crippen LogP contribution in [0.5, 0.6) is 11.5 Å². The van der Waals surface area contributed by atoms with E-state index in [1.807, 2.05) is 12.1 Å². The average Bonchev–Trinajstić information content (AvgIpc) is 3.62. The normalized spacial score (nSPS) is 12.7. The number of nitrogens with zero attached hydrogens (tertiary/aromatic N) is 2. The molecule has 0 amide bonds. The summed E-state index contributed by atoms with van der Waals surface area (Å²) in [7, 11) is 6.61. The van der Waals surface area contributed by atoms with Gasteiger partial charge in [-0.15, -0.1) is 8.58 Å². The molecule has 7 heteroatoms. The maximum absolute atomic E-state index is 11.7. The summed E-state index contributed by atoms with van der Waals surface area (Å²) in [6, 6.07) is 41.9. The van der Waals surface area contributed by atoms with E-state index in [-0.39, 0.29) is 0 Å². The van der Waals surface area contributed by atoms with Gasteiger partial charge in [-0.25, -0.2) is 0 Å². The number of para-hydroxylation sites is 4. The molecule has 2 unspecified atom stereocenters. The van der Waals surface area contributed by atoms with Crippen molar-refractivity contribution < 1.29 is 10.2 Å². The molecule has 8 aromatic rings. The fourth-order valence-corrected chi connectivity index (χ4v) is 10.7. The first kappa shape index (κ1) is 31.7. The maximum atomic E-state index is 11.7. The molecule has 2 heterocycles. The average molecular weight is 675 g/mol. The van der Waals surface area contributed by atoms with Gasteiger partial charge in [0, 0.05) is 27.1 Å². The summed E-state index contributed by atoms with van der Waals surface area (Å²) >= 11 is 0. The molecule has 0 fully saturated rings. The lowest BCUT2D eigenvalue weighted by molar-refractivity contribution is 0.468. The van der Waals surface area contributed by atoms with Crippen LogP contribution in [0.25, 0.3) is 55.0 Å². The number of phenols is 2. The molecule has 0 aliphatic heterocycles. The minimum atomic E-state index is -0.824. The van der Waals surface area contributed by atoms with Crippen LogP contribution in [0.15, 0.2) is 121 Å². The molecule has 0 spiro atoms. The molecule has 49 heavy (non-hydrogen) atoms. The van der Waals surface area contributed by atoms with Crippen LogP contribution in [0.1, 0.15) is 22.3 Å². The Morgan fingerprint density at radius 1 is 0.571 bits per heavy atom. The highest BCUT2D eigenvalue weighted by molar-refractivity contribution is 7.81. The number of fused-ring (bicyclic) bond motifs is 6. The van der Waals surface area contributed by atoms with Gasteiger partial charge in [0.2, 0.25) is 0 Å². The molecule has 0 saturated heterocycles. The van der Waals surface area contributed by atoms with Crippen LogP contribution in [0.2, 0.25) is 0 Å². The quantitative estimate of drug-likeness (QED) is 0.0910. The summed E-state index contributed by atoms with van der Waals surface area (Å²) in [5, 5.41) is 28.0. The van der Waals surface area contributed by atoms with Crippen LogP contribution in [0.3, 0.4) is 0 Å². The van der Waals surface area contributed by atoms with Crippen molar-refractivity contribution in [1.29, 1.82) is 0 Å². The van der Waals surface area contributed by atoms with Crippen LogP contribution >= 0.6 is 16.4 Å². The Kier molecular flexibility index (Phi) is 8.44. The fourth-order valence-electron chi connectivity index (χ4n) is 7.37. The monoisotopic (exact) mass is 674 g/mol. The highest BCUT2D eigenvalue weighted by atomic mass is 31.1. The SMILES string of the molecule is [B]P(CCPCc1cc(C)cc(-n2c3ccccc3c3ccccc32)c1O)Cc1cc(C)cc(-n2c3ccccc3c3ccccc32)c1O. The van der Waals surface area contributed by atoms with E-state index in [0.29, 0.717) is 26.2 Å². The Labute approximate surface area is 290 Å². The lowest BCUT2D eigenvalue weighted by Crippen LogP contribution is -2.00. The summed E-state index contributed by atoms with van der Waals surface area (Å²) in [5.74, 6) is 0.654. The second kappa shape index (κ2) is 13.0. The van der Waals surface area contributed by atoms with Gasteiger partial charge in [-0.3, -0.25) is 0 Å². The van der Waals surface area contributed by atoms with Gasteiger partial charge in [-0.1, -0.05) is 84.9 Å². The predicted octanol–water partition coefficient (Wildman–Crippen LogP) is 10.9. The van der Waals surface area contributed by atoms with Crippen molar-refractivity contribution in [3.63, 3.8) is 0 Å². The molecule has 6 aromatic carbocycles. The molecule has 2 N–H and O–H groups in total. The number of benzene rings is 6. The van der Waals surface area contributed by atoms with Gasteiger partial charge >= 0.3 is 0 Å². The third-order valence-electron chi connectivity index (χ3n) is 9.53. The third kappa shape index (κ3) is 5.70. The van der Waals surface area contributed by atoms with Gasteiger partial charge in [0.05, 0.1) is 33.4 Å². The molecule has 2 atom stereocenters. The Morgan fingerprint density at radius 2 is 0.959 bits per heavy atom. The Balaban J connectivity index is 1.00. The van der Waals surface area contributed by atoms with Crippen LogP contribution in [0, 0.1) is 13.8 Å². The highest BCUT2D eigenvalue weighted by Gasteiger charge is 2.19. The van der Waals surface area contributed by atoms with E-state index < -0.39 is 7.80 Å². The second-order valence-corrected chi connectivity index (χ2v) is 16.3. The summed E-state index contributed by atoms with van der Waals surface area (Å²) in [6.07, 6.45) is 3.34. The molecular weight excluding hydrogens is 637 g/mol. The number of hydrogen-bond acceptors (Lipinski definition) is 2. The lowest BCUT2D eigenvalue weighted by Gasteiger charge is -2.18. The molecule has 4 nitrogen and oxygen atoms in total.